The summed E-state index contributed by atoms with van der Waals surface area (Å²) in [6.45, 7) is 0.344. The van der Waals surface area contributed by atoms with Crippen LogP contribution in [0.1, 0.15) is 11.9 Å². The molecule has 10 heteroatoms. The normalized spacial score (nSPS) is 42.8. The number of methoxy groups -OCH3 is 1. The Balaban J connectivity index is 1.38. The number of fused-ring (bicyclic) bond motifs is 1. The van der Waals surface area contributed by atoms with Gasteiger partial charge in [0.2, 0.25) is 6.29 Å². The van der Waals surface area contributed by atoms with E-state index in [9.17, 15) is 15.3 Å². The monoisotopic (exact) mass is 413 g/mol. The lowest BCUT2D eigenvalue weighted by molar-refractivity contribution is -0.397. The summed E-state index contributed by atoms with van der Waals surface area (Å²) in [5.74, 6) is 0. The minimum atomic E-state index is -1.36. The van der Waals surface area contributed by atoms with Crippen molar-refractivity contribution in [3.8, 4) is 0 Å². The summed E-state index contributed by atoms with van der Waals surface area (Å²) in [5, 5.41) is 32.7. The first-order valence-electron chi connectivity index (χ1n) is 9.55. The van der Waals surface area contributed by atoms with Crippen LogP contribution in [-0.4, -0.2) is 96.9 Å². The summed E-state index contributed by atoms with van der Waals surface area (Å²) in [4.78, 5) is 5.68. The van der Waals surface area contributed by atoms with E-state index >= 15 is 0 Å². The predicted molar refractivity (Wildman–Crippen MR) is 96.1 cm³/mol. The molecule has 4 rings (SSSR count). The molecule has 3 fully saturated rings. The van der Waals surface area contributed by atoms with E-state index < -0.39 is 55.4 Å². The molecule has 3 heterocycles. The molecule has 162 valence electrons. The number of likely N-dealkylation sites (N-methyl/N-ethyl adjacent to an activating group) is 1. The van der Waals surface area contributed by atoms with Crippen LogP contribution >= 0.6 is 0 Å². The smallest absolute Gasteiger partial charge is 0.206 e. The molecule has 0 spiro atoms. The van der Waals surface area contributed by atoms with Gasteiger partial charge in [-0.3, -0.25) is 4.84 Å². The number of benzene rings is 1. The highest BCUT2D eigenvalue weighted by atomic mass is 16.8. The molecule has 1 aromatic carbocycles. The van der Waals surface area contributed by atoms with Gasteiger partial charge in [-0.2, -0.15) is 5.06 Å². The molecule has 1 aromatic rings. The van der Waals surface area contributed by atoms with Crippen molar-refractivity contribution in [3.05, 3.63) is 35.9 Å². The van der Waals surface area contributed by atoms with Gasteiger partial charge >= 0.3 is 0 Å². The van der Waals surface area contributed by atoms with Gasteiger partial charge in [0.25, 0.3) is 0 Å². The van der Waals surface area contributed by atoms with Crippen LogP contribution in [0.15, 0.2) is 30.3 Å². The predicted octanol–water partition coefficient (Wildman–Crippen LogP) is -0.857. The second-order valence-electron chi connectivity index (χ2n) is 7.35. The summed E-state index contributed by atoms with van der Waals surface area (Å²) in [5.41, 5.74) is 0.814. The molecule has 3 N–H and O–H groups in total. The molecule has 0 bridgehead atoms. The van der Waals surface area contributed by atoms with Gasteiger partial charge in [-0.1, -0.05) is 30.3 Å². The lowest BCUT2D eigenvalue weighted by Crippen LogP contribution is -2.63. The van der Waals surface area contributed by atoms with Gasteiger partial charge in [0.15, 0.2) is 12.6 Å². The van der Waals surface area contributed by atoms with Crippen molar-refractivity contribution in [2.45, 2.75) is 55.4 Å². The van der Waals surface area contributed by atoms with E-state index in [1.165, 1.54) is 12.2 Å². The van der Waals surface area contributed by atoms with E-state index in [0.717, 1.165) is 5.56 Å². The van der Waals surface area contributed by atoms with E-state index in [4.69, 9.17) is 28.5 Å². The van der Waals surface area contributed by atoms with Crippen molar-refractivity contribution in [2.24, 2.45) is 0 Å². The fraction of sp³-hybridized carbons (Fsp3) is 0.684. The number of hydroxylamine groups is 2. The number of nitrogens with zero attached hydrogens (tertiary/aromatic N) is 1. The Bertz CT molecular complexity index is 662. The van der Waals surface area contributed by atoms with E-state index in [2.05, 4.69) is 0 Å². The second-order valence-corrected chi connectivity index (χ2v) is 7.35. The molecule has 0 amide bonds. The van der Waals surface area contributed by atoms with Crippen molar-refractivity contribution in [2.75, 3.05) is 27.4 Å². The SMILES string of the molecule is COC1OCC(N(C)OC2OC3COC(c4ccccc4)OC3C(O)C2O)C1O. The van der Waals surface area contributed by atoms with E-state index in [0.29, 0.717) is 0 Å². The van der Waals surface area contributed by atoms with Crippen LogP contribution < -0.4 is 0 Å². The number of aliphatic hydroxyl groups is 3. The Kier molecular flexibility index (Phi) is 6.47. The average molecular weight is 413 g/mol. The first kappa shape index (κ1) is 21.1. The molecule has 0 radical (unpaired) electrons. The maximum absolute atomic E-state index is 10.6. The summed E-state index contributed by atoms with van der Waals surface area (Å²) in [6.07, 6.45) is -7.49. The number of hydrogen-bond donors (Lipinski definition) is 3. The maximum atomic E-state index is 10.6. The third kappa shape index (κ3) is 4.19. The Hall–Kier alpha value is -1.18. The number of hydrogen-bond acceptors (Lipinski definition) is 10. The van der Waals surface area contributed by atoms with Crippen molar-refractivity contribution in [3.63, 3.8) is 0 Å². The molecular formula is C19H27NO9. The lowest BCUT2D eigenvalue weighted by atomic mass is 9.98. The number of ether oxygens (including phenoxy) is 5. The molecule has 0 aliphatic carbocycles. The molecule has 0 aromatic heterocycles. The van der Waals surface area contributed by atoms with E-state index in [1.54, 1.807) is 7.05 Å². The standard InChI is InChI=1S/C19H27NO9/c1-20(11-8-25-18(24-2)13(11)21)29-19-15(23)14(22)16-12(27-19)9-26-17(28-16)10-6-4-3-5-7-10/h3-7,11-19,21-23H,8-9H2,1-2H3. The molecule has 3 aliphatic heterocycles. The molecule has 0 saturated carbocycles. The zero-order valence-corrected chi connectivity index (χ0v) is 16.2. The van der Waals surface area contributed by atoms with Crippen molar-refractivity contribution < 1.29 is 43.8 Å². The molecular weight excluding hydrogens is 386 g/mol. The highest BCUT2D eigenvalue weighted by Crippen LogP contribution is 2.34. The highest BCUT2D eigenvalue weighted by Gasteiger charge is 2.50. The average Bonchev–Trinajstić information content (AvgIpc) is 3.12. The molecule has 29 heavy (non-hydrogen) atoms. The van der Waals surface area contributed by atoms with E-state index in [-0.39, 0.29) is 13.2 Å². The zero-order chi connectivity index (χ0) is 20.5. The fourth-order valence-corrected chi connectivity index (χ4v) is 3.79. The fourth-order valence-electron chi connectivity index (χ4n) is 3.79. The van der Waals surface area contributed by atoms with Gasteiger partial charge in [-0.05, 0) is 0 Å². The molecule has 3 saturated heterocycles. The van der Waals surface area contributed by atoms with Gasteiger partial charge in [-0.25, -0.2) is 0 Å². The maximum Gasteiger partial charge on any atom is 0.206 e. The van der Waals surface area contributed by atoms with Crippen molar-refractivity contribution in [1.82, 2.24) is 5.06 Å². The highest BCUT2D eigenvalue weighted by molar-refractivity contribution is 5.16. The lowest BCUT2D eigenvalue weighted by Gasteiger charge is -2.46. The number of aliphatic hydroxyl groups excluding tert-OH is 3. The van der Waals surface area contributed by atoms with Crippen LogP contribution in [0.5, 0.6) is 0 Å². The topological polar surface area (TPSA) is 119 Å². The third-order valence-electron chi connectivity index (χ3n) is 5.48. The van der Waals surface area contributed by atoms with Crippen LogP contribution in [0.3, 0.4) is 0 Å². The second kappa shape index (κ2) is 8.90. The molecule has 10 nitrogen and oxygen atoms in total. The van der Waals surface area contributed by atoms with Gasteiger partial charge in [0.05, 0.1) is 19.3 Å². The van der Waals surface area contributed by atoms with Crippen LogP contribution in [0.2, 0.25) is 0 Å². The third-order valence-corrected chi connectivity index (χ3v) is 5.48. The first-order valence-corrected chi connectivity index (χ1v) is 9.55. The van der Waals surface area contributed by atoms with Crippen molar-refractivity contribution in [1.29, 1.82) is 0 Å². The Morgan fingerprint density at radius 3 is 2.38 bits per heavy atom. The largest absolute Gasteiger partial charge is 0.387 e. The Labute approximate surface area is 168 Å². The molecule has 9 atom stereocenters. The number of rotatable bonds is 5. The quantitative estimate of drug-likeness (QED) is 0.526. The van der Waals surface area contributed by atoms with Gasteiger partial charge in [0.1, 0.15) is 30.5 Å². The van der Waals surface area contributed by atoms with Gasteiger partial charge in [-0.15, -0.1) is 0 Å². The van der Waals surface area contributed by atoms with Gasteiger partial charge < -0.3 is 39.0 Å². The minimum absolute atomic E-state index is 0.165. The zero-order valence-electron chi connectivity index (χ0n) is 16.2. The van der Waals surface area contributed by atoms with E-state index in [1.807, 2.05) is 30.3 Å². The van der Waals surface area contributed by atoms with Crippen LogP contribution in [0, 0.1) is 0 Å². The first-order chi connectivity index (χ1) is 14.0. The summed E-state index contributed by atoms with van der Waals surface area (Å²) >= 11 is 0. The molecule has 3 aliphatic rings. The van der Waals surface area contributed by atoms with Crippen molar-refractivity contribution >= 4 is 0 Å². The molecule has 9 unspecified atom stereocenters. The Morgan fingerprint density at radius 2 is 1.69 bits per heavy atom. The minimum Gasteiger partial charge on any atom is -0.387 e. The van der Waals surface area contributed by atoms with Crippen LogP contribution in [-0.2, 0) is 28.5 Å². The Morgan fingerprint density at radius 1 is 0.931 bits per heavy atom. The summed E-state index contributed by atoms with van der Waals surface area (Å²) in [7, 11) is 3.02. The van der Waals surface area contributed by atoms with Crippen LogP contribution in [0.4, 0.5) is 0 Å². The summed E-state index contributed by atoms with van der Waals surface area (Å²) in [6, 6.07) is 8.82. The van der Waals surface area contributed by atoms with Gasteiger partial charge in [0, 0.05) is 19.7 Å². The summed E-state index contributed by atoms with van der Waals surface area (Å²) < 4.78 is 27.8. The van der Waals surface area contributed by atoms with Crippen LogP contribution in [0.25, 0.3) is 0 Å².